The summed E-state index contributed by atoms with van der Waals surface area (Å²) in [6.45, 7) is 3.83. The molecule has 0 radical (unpaired) electrons. The van der Waals surface area contributed by atoms with Crippen LogP contribution in [0.25, 0.3) is 26.4 Å². The number of ether oxygens (including phenoxy) is 1. The highest BCUT2D eigenvalue weighted by Crippen LogP contribution is 2.35. The number of likely N-dealkylation sites (tertiary alicyclic amines) is 1. The summed E-state index contributed by atoms with van der Waals surface area (Å²) in [5, 5.41) is 6.51. The lowest BCUT2D eigenvalue weighted by Crippen LogP contribution is -2.43. The van der Waals surface area contributed by atoms with Crippen molar-refractivity contribution in [1.29, 1.82) is 0 Å². The lowest BCUT2D eigenvalue weighted by atomic mass is 9.96. The van der Waals surface area contributed by atoms with Crippen molar-refractivity contribution in [2.75, 3.05) is 40.3 Å². The molecule has 11 heteroatoms. The standard InChI is InChI=1S/C27H30FN5O2S.2ClH/c1-32-9-6-18(7-10-32)30-26(34)20-12-25-23(13-24(20)35-2)33-15-22(31-27(33)36-25)19-4-3-16(11-21(19)28)17-5-8-29-14-17;;/h3-4,11-13,15,17-18,29H,5-10,14H2,1-2H3,(H,30,34);2*1H. The van der Waals surface area contributed by atoms with Crippen LogP contribution in [0.2, 0.25) is 0 Å². The van der Waals surface area contributed by atoms with Gasteiger partial charge in [0.2, 0.25) is 0 Å². The van der Waals surface area contributed by atoms with Crippen molar-refractivity contribution in [1.82, 2.24) is 24.9 Å². The number of amides is 1. The van der Waals surface area contributed by atoms with E-state index in [0.29, 0.717) is 28.5 Å². The number of thiazole rings is 1. The number of halogens is 3. The minimum atomic E-state index is -0.250. The maximum absolute atomic E-state index is 15.1. The zero-order valence-electron chi connectivity index (χ0n) is 21.3. The number of carbonyl (C=O) groups excluding carboxylic acids is 1. The van der Waals surface area contributed by atoms with Gasteiger partial charge in [0, 0.05) is 30.4 Å². The van der Waals surface area contributed by atoms with Gasteiger partial charge in [0.05, 0.1) is 28.6 Å². The minimum absolute atomic E-state index is 0. The van der Waals surface area contributed by atoms with Crippen LogP contribution in [0.1, 0.15) is 41.1 Å². The van der Waals surface area contributed by atoms with Gasteiger partial charge in [-0.3, -0.25) is 9.20 Å². The summed E-state index contributed by atoms with van der Waals surface area (Å²) in [6, 6.07) is 9.42. The number of nitrogens with zero attached hydrogens (tertiary/aromatic N) is 3. The summed E-state index contributed by atoms with van der Waals surface area (Å²) < 4.78 is 23.6. The molecular weight excluding hydrogens is 548 g/mol. The van der Waals surface area contributed by atoms with E-state index in [1.165, 1.54) is 11.3 Å². The van der Waals surface area contributed by atoms with Crippen molar-refractivity contribution in [3.05, 3.63) is 53.5 Å². The molecule has 2 aromatic carbocycles. The van der Waals surface area contributed by atoms with Crippen LogP contribution in [0, 0.1) is 5.82 Å². The van der Waals surface area contributed by atoms with Crippen molar-refractivity contribution < 1.29 is 13.9 Å². The largest absolute Gasteiger partial charge is 0.496 e. The number of imidazole rings is 1. The third-order valence-corrected chi connectivity index (χ3v) is 8.53. The smallest absolute Gasteiger partial charge is 0.255 e. The molecule has 1 atom stereocenters. The Labute approximate surface area is 237 Å². The highest BCUT2D eigenvalue weighted by atomic mass is 35.5. The molecule has 4 heterocycles. The molecule has 1 amide bonds. The second-order valence-corrected chi connectivity index (χ2v) is 10.9. The number of aromatic nitrogens is 2. The van der Waals surface area contributed by atoms with Crippen molar-refractivity contribution in [2.24, 2.45) is 0 Å². The van der Waals surface area contributed by atoms with Crippen LogP contribution in [-0.2, 0) is 0 Å². The molecule has 2 fully saturated rings. The fourth-order valence-corrected chi connectivity index (χ4v) is 6.38. The Morgan fingerprint density at radius 3 is 2.66 bits per heavy atom. The van der Waals surface area contributed by atoms with Crippen LogP contribution in [0.5, 0.6) is 5.75 Å². The zero-order chi connectivity index (χ0) is 24.8. The summed E-state index contributed by atoms with van der Waals surface area (Å²) in [7, 11) is 3.68. The van der Waals surface area contributed by atoms with Crippen LogP contribution < -0.4 is 15.4 Å². The van der Waals surface area contributed by atoms with E-state index in [9.17, 15) is 4.79 Å². The third-order valence-electron chi connectivity index (χ3n) is 7.51. The summed E-state index contributed by atoms with van der Waals surface area (Å²) in [4.78, 5) is 20.8. The van der Waals surface area contributed by atoms with Crippen LogP contribution in [0.4, 0.5) is 4.39 Å². The normalized spacial score (nSPS) is 18.3. The number of hydrogen-bond donors (Lipinski definition) is 2. The Kier molecular flexibility index (Phi) is 8.84. The van der Waals surface area contributed by atoms with E-state index >= 15 is 4.39 Å². The molecule has 6 rings (SSSR count). The van der Waals surface area contributed by atoms with Gasteiger partial charge in [0.25, 0.3) is 5.91 Å². The van der Waals surface area contributed by atoms with E-state index in [1.54, 1.807) is 13.2 Å². The molecule has 2 aliphatic rings. The fraction of sp³-hybridized carbons (Fsp3) is 0.407. The SMILES string of the molecule is COc1cc2c(cc1C(=O)NC1CCN(C)CC1)sc1nc(-c3ccc(C4CCNC4)cc3F)cn12.Cl.Cl. The summed E-state index contributed by atoms with van der Waals surface area (Å²) in [5.74, 6) is 0.513. The molecule has 38 heavy (non-hydrogen) atoms. The maximum atomic E-state index is 15.1. The topological polar surface area (TPSA) is 70.9 Å². The van der Waals surface area contributed by atoms with Crippen LogP contribution in [-0.4, -0.2) is 66.6 Å². The zero-order valence-corrected chi connectivity index (χ0v) is 23.8. The molecule has 2 aromatic heterocycles. The lowest BCUT2D eigenvalue weighted by molar-refractivity contribution is 0.0914. The Morgan fingerprint density at radius 2 is 1.97 bits per heavy atom. The van der Waals surface area contributed by atoms with Crippen LogP contribution in [0.3, 0.4) is 0 Å². The number of benzene rings is 2. The van der Waals surface area contributed by atoms with Crippen molar-refractivity contribution in [3.8, 4) is 17.0 Å². The molecule has 7 nitrogen and oxygen atoms in total. The monoisotopic (exact) mass is 579 g/mol. The van der Waals surface area contributed by atoms with Gasteiger partial charge in [-0.25, -0.2) is 9.37 Å². The third kappa shape index (κ3) is 5.35. The van der Waals surface area contributed by atoms with Gasteiger partial charge in [0.15, 0.2) is 4.96 Å². The van der Waals surface area contributed by atoms with E-state index < -0.39 is 0 Å². The summed E-state index contributed by atoms with van der Waals surface area (Å²) >= 11 is 1.48. The molecule has 0 spiro atoms. The van der Waals surface area contributed by atoms with Crippen molar-refractivity contribution >= 4 is 57.2 Å². The Hall–Kier alpha value is -2.43. The van der Waals surface area contributed by atoms with Gasteiger partial charge >= 0.3 is 0 Å². The summed E-state index contributed by atoms with van der Waals surface area (Å²) in [6.07, 6.45) is 4.78. The van der Waals surface area contributed by atoms with Crippen molar-refractivity contribution in [2.45, 2.75) is 31.2 Å². The number of carbonyl (C=O) groups is 1. The van der Waals surface area contributed by atoms with Gasteiger partial charge in [-0.1, -0.05) is 17.4 Å². The molecule has 2 saturated heterocycles. The van der Waals surface area contributed by atoms with Crippen molar-refractivity contribution in [3.63, 3.8) is 0 Å². The fourth-order valence-electron chi connectivity index (χ4n) is 5.35. The van der Waals surface area contributed by atoms with Gasteiger partial charge in [-0.15, -0.1) is 24.8 Å². The van der Waals surface area contributed by atoms with Crippen LogP contribution >= 0.6 is 36.2 Å². The second-order valence-electron chi connectivity index (χ2n) is 9.88. The number of piperidine rings is 1. The molecule has 4 aromatic rings. The molecule has 0 aliphatic carbocycles. The molecular formula is C27H32Cl2FN5O2S. The molecule has 2 N–H and O–H groups in total. The number of fused-ring (bicyclic) bond motifs is 3. The Morgan fingerprint density at radius 1 is 1.18 bits per heavy atom. The van der Waals surface area contributed by atoms with Gasteiger partial charge < -0.3 is 20.3 Å². The molecule has 0 saturated carbocycles. The number of hydrogen-bond acceptors (Lipinski definition) is 6. The number of rotatable bonds is 5. The minimum Gasteiger partial charge on any atom is -0.496 e. The van der Waals surface area contributed by atoms with E-state index in [0.717, 1.165) is 66.2 Å². The van der Waals surface area contributed by atoms with Gasteiger partial charge in [-0.2, -0.15) is 0 Å². The van der Waals surface area contributed by atoms with E-state index in [-0.39, 0.29) is 42.6 Å². The van der Waals surface area contributed by atoms with E-state index in [4.69, 9.17) is 9.72 Å². The van der Waals surface area contributed by atoms with E-state index in [2.05, 4.69) is 22.6 Å². The first-order valence-electron chi connectivity index (χ1n) is 12.5. The quantitative estimate of drug-likeness (QED) is 0.344. The number of nitrogens with one attached hydrogen (secondary N) is 2. The molecule has 2 aliphatic heterocycles. The predicted octanol–water partition coefficient (Wildman–Crippen LogP) is 5.11. The van der Waals surface area contributed by atoms with Gasteiger partial charge in [0.1, 0.15) is 11.6 Å². The predicted molar refractivity (Wildman–Crippen MR) is 155 cm³/mol. The average Bonchev–Trinajstić information content (AvgIpc) is 3.61. The maximum Gasteiger partial charge on any atom is 0.255 e. The molecule has 0 bridgehead atoms. The first-order valence-corrected chi connectivity index (χ1v) is 13.3. The first kappa shape index (κ1) is 28.6. The Bertz CT molecular complexity index is 1440. The van der Waals surface area contributed by atoms with E-state index in [1.807, 2.05) is 34.9 Å². The second kappa shape index (κ2) is 11.8. The van der Waals surface area contributed by atoms with Crippen LogP contribution in [0.15, 0.2) is 36.5 Å². The number of methoxy groups -OCH3 is 1. The Balaban J connectivity index is 0.00000168. The van der Waals surface area contributed by atoms with Gasteiger partial charge in [-0.05, 0) is 75.6 Å². The lowest BCUT2D eigenvalue weighted by Gasteiger charge is -2.29. The highest BCUT2D eigenvalue weighted by molar-refractivity contribution is 7.23. The first-order chi connectivity index (χ1) is 17.5. The highest BCUT2D eigenvalue weighted by Gasteiger charge is 2.23. The average molecular weight is 581 g/mol. The summed E-state index contributed by atoms with van der Waals surface area (Å²) in [5.41, 5.74) is 3.53. The molecule has 204 valence electrons. The molecule has 1 unspecified atom stereocenters.